The number of hydrogen-bond donors (Lipinski definition) is 3. The Morgan fingerprint density at radius 1 is 1.20 bits per heavy atom. The maximum atomic E-state index is 12.8. The first-order chi connectivity index (χ1) is 14.2. The SMILES string of the molecule is Cc1ccc(S(=O)(=O)C2CNC(SCC(=O)Nc3cccc(Cl)c3C)NC2=O)cc1. The molecule has 2 unspecified atom stereocenters. The fraction of sp³-hybridized carbons (Fsp3) is 0.300. The van der Waals surface area contributed by atoms with E-state index in [1.807, 2.05) is 13.8 Å². The zero-order chi connectivity index (χ0) is 21.9. The van der Waals surface area contributed by atoms with Gasteiger partial charge in [-0.3, -0.25) is 14.9 Å². The summed E-state index contributed by atoms with van der Waals surface area (Å²) in [5.41, 5.74) is 1.76. The molecule has 7 nitrogen and oxygen atoms in total. The van der Waals surface area contributed by atoms with Crippen molar-refractivity contribution in [2.75, 3.05) is 17.6 Å². The number of benzene rings is 2. The fourth-order valence-corrected chi connectivity index (χ4v) is 5.40. The lowest BCUT2D eigenvalue weighted by Gasteiger charge is -2.29. The molecule has 1 aliphatic rings. The van der Waals surface area contributed by atoms with E-state index < -0.39 is 26.5 Å². The number of carbonyl (C=O) groups excluding carboxylic acids is 2. The normalized spacial score (nSPS) is 19.2. The molecule has 0 aliphatic carbocycles. The number of aryl methyl sites for hydroxylation is 1. The third-order valence-electron chi connectivity index (χ3n) is 4.70. The Morgan fingerprint density at radius 3 is 2.57 bits per heavy atom. The van der Waals surface area contributed by atoms with E-state index in [0.717, 1.165) is 11.1 Å². The van der Waals surface area contributed by atoms with E-state index in [1.165, 1.54) is 23.9 Å². The summed E-state index contributed by atoms with van der Waals surface area (Å²) < 4.78 is 25.5. The summed E-state index contributed by atoms with van der Waals surface area (Å²) in [4.78, 5) is 24.8. The molecule has 0 radical (unpaired) electrons. The highest BCUT2D eigenvalue weighted by atomic mass is 35.5. The minimum atomic E-state index is -3.81. The summed E-state index contributed by atoms with van der Waals surface area (Å²) >= 11 is 7.22. The lowest BCUT2D eigenvalue weighted by Crippen LogP contribution is -2.59. The van der Waals surface area contributed by atoms with Gasteiger partial charge >= 0.3 is 0 Å². The highest BCUT2D eigenvalue weighted by molar-refractivity contribution is 8.00. The highest BCUT2D eigenvalue weighted by Crippen LogP contribution is 2.24. The molecule has 0 saturated carbocycles. The topological polar surface area (TPSA) is 104 Å². The van der Waals surface area contributed by atoms with Crippen molar-refractivity contribution in [2.24, 2.45) is 0 Å². The average Bonchev–Trinajstić information content (AvgIpc) is 2.70. The molecule has 2 amide bonds. The van der Waals surface area contributed by atoms with E-state index in [-0.39, 0.29) is 23.1 Å². The van der Waals surface area contributed by atoms with Gasteiger partial charge in [-0.1, -0.05) is 35.4 Å². The molecular formula is C20H22ClN3O4S2. The van der Waals surface area contributed by atoms with E-state index in [2.05, 4.69) is 16.0 Å². The number of hydrogen-bond acceptors (Lipinski definition) is 6. The van der Waals surface area contributed by atoms with Crippen LogP contribution in [0.5, 0.6) is 0 Å². The average molecular weight is 468 g/mol. The van der Waals surface area contributed by atoms with Gasteiger partial charge in [0.15, 0.2) is 15.1 Å². The van der Waals surface area contributed by atoms with Gasteiger partial charge < -0.3 is 10.6 Å². The van der Waals surface area contributed by atoms with Gasteiger partial charge in [-0.2, -0.15) is 0 Å². The van der Waals surface area contributed by atoms with E-state index in [9.17, 15) is 18.0 Å². The van der Waals surface area contributed by atoms with Crippen molar-refractivity contribution in [1.29, 1.82) is 0 Å². The van der Waals surface area contributed by atoms with Crippen molar-refractivity contribution in [3.05, 3.63) is 58.6 Å². The maximum Gasteiger partial charge on any atom is 0.241 e. The molecule has 1 fully saturated rings. The first kappa shape index (κ1) is 22.6. The van der Waals surface area contributed by atoms with Crippen molar-refractivity contribution in [1.82, 2.24) is 10.6 Å². The molecule has 0 bridgehead atoms. The molecule has 2 atom stereocenters. The van der Waals surface area contributed by atoms with Crippen LogP contribution in [0, 0.1) is 13.8 Å². The van der Waals surface area contributed by atoms with E-state index in [4.69, 9.17) is 11.6 Å². The lowest BCUT2D eigenvalue weighted by molar-refractivity contribution is -0.122. The number of anilines is 1. The quantitative estimate of drug-likeness (QED) is 0.603. The summed E-state index contributed by atoms with van der Waals surface area (Å²) in [6.07, 6.45) is 0. The van der Waals surface area contributed by atoms with E-state index >= 15 is 0 Å². The fourth-order valence-electron chi connectivity index (χ4n) is 2.91. The lowest BCUT2D eigenvalue weighted by atomic mass is 10.2. The Kier molecular flexibility index (Phi) is 7.07. The van der Waals surface area contributed by atoms with Gasteiger partial charge in [0.05, 0.1) is 10.6 Å². The molecule has 10 heteroatoms. The largest absolute Gasteiger partial charge is 0.331 e. The number of sulfone groups is 1. The first-order valence-corrected chi connectivity index (χ1v) is 12.2. The van der Waals surface area contributed by atoms with Crippen molar-refractivity contribution in [2.45, 2.75) is 29.5 Å². The minimum absolute atomic E-state index is 0.0330. The van der Waals surface area contributed by atoms with Crippen LogP contribution in [-0.4, -0.2) is 43.3 Å². The highest BCUT2D eigenvalue weighted by Gasteiger charge is 2.38. The first-order valence-electron chi connectivity index (χ1n) is 9.19. The van der Waals surface area contributed by atoms with Crippen LogP contribution in [0.1, 0.15) is 11.1 Å². The van der Waals surface area contributed by atoms with E-state index in [0.29, 0.717) is 10.7 Å². The Labute approximate surface area is 184 Å². The second-order valence-electron chi connectivity index (χ2n) is 6.92. The molecule has 2 aromatic carbocycles. The number of amides is 2. The smallest absolute Gasteiger partial charge is 0.241 e. The molecule has 3 N–H and O–H groups in total. The molecule has 30 heavy (non-hydrogen) atoms. The number of nitrogens with one attached hydrogen (secondary N) is 3. The van der Waals surface area contributed by atoms with Crippen LogP contribution in [0.4, 0.5) is 5.69 Å². The van der Waals surface area contributed by atoms with Crippen LogP contribution in [0.15, 0.2) is 47.4 Å². The van der Waals surface area contributed by atoms with Crippen molar-refractivity contribution in [3.8, 4) is 0 Å². The summed E-state index contributed by atoms with van der Waals surface area (Å²) in [7, 11) is -3.81. The van der Waals surface area contributed by atoms with Crippen LogP contribution < -0.4 is 16.0 Å². The number of carbonyl (C=O) groups is 2. The van der Waals surface area contributed by atoms with Gasteiger partial charge in [-0.05, 0) is 43.7 Å². The second-order valence-corrected chi connectivity index (χ2v) is 10.5. The van der Waals surface area contributed by atoms with Crippen LogP contribution in [0.2, 0.25) is 5.02 Å². The molecular weight excluding hydrogens is 446 g/mol. The van der Waals surface area contributed by atoms with Crippen LogP contribution in [0.25, 0.3) is 0 Å². The molecule has 1 aliphatic heterocycles. The Bertz CT molecular complexity index is 1060. The minimum Gasteiger partial charge on any atom is -0.331 e. The zero-order valence-electron chi connectivity index (χ0n) is 16.4. The maximum absolute atomic E-state index is 12.8. The van der Waals surface area contributed by atoms with E-state index in [1.54, 1.807) is 30.3 Å². The van der Waals surface area contributed by atoms with Gasteiger partial charge in [0, 0.05) is 17.3 Å². The predicted octanol–water partition coefficient (Wildman–Crippen LogP) is 2.47. The second kappa shape index (κ2) is 9.38. The van der Waals surface area contributed by atoms with Gasteiger partial charge in [0.2, 0.25) is 11.8 Å². The Hall–Kier alpha value is -2.07. The number of halogens is 1. The molecule has 3 rings (SSSR count). The predicted molar refractivity (Wildman–Crippen MR) is 119 cm³/mol. The Morgan fingerprint density at radius 2 is 1.90 bits per heavy atom. The van der Waals surface area contributed by atoms with Gasteiger partial charge in [-0.15, -0.1) is 11.8 Å². The van der Waals surface area contributed by atoms with Crippen LogP contribution in [-0.2, 0) is 19.4 Å². The monoisotopic (exact) mass is 467 g/mol. The molecule has 1 saturated heterocycles. The molecule has 0 aromatic heterocycles. The summed E-state index contributed by atoms with van der Waals surface area (Å²) in [5.74, 6) is -0.770. The van der Waals surface area contributed by atoms with Gasteiger partial charge in [0.25, 0.3) is 0 Å². The summed E-state index contributed by atoms with van der Waals surface area (Å²) in [5, 5.41) is 7.72. The molecule has 0 spiro atoms. The van der Waals surface area contributed by atoms with Crippen molar-refractivity contribution < 1.29 is 18.0 Å². The molecule has 2 aromatic rings. The summed E-state index contributed by atoms with van der Waals surface area (Å²) in [6.45, 7) is 3.63. The Balaban J connectivity index is 1.55. The third-order valence-corrected chi connectivity index (χ3v) is 8.22. The van der Waals surface area contributed by atoms with Crippen molar-refractivity contribution in [3.63, 3.8) is 0 Å². The standard InChI is InChI=1S/C20H22ClN3O4S2/c1-12-6-8-14(9-7-12)30(27,28)17-10-22-20(24-19(17)26)29-11-18(25)23-16-5-3-4-15(21)13(16)2/h3-9,17,20,22H,10-11H2,1-2H3,(H,23,25)(H,24,26). The zero-order valence-corrected chi connectivity index (χ0v) is 18.8. The molecule has 1 heterocycles. The van der Waals surface area contributed by atoms with Crippen LogP contribution >= 0.6 is 23.4 Å². The van der Waals surface area contributed by atoms with Gasteiger partial charge in [-0.25, -0.2) is 8.42 Å². The number of rotatable bonds is 6. The third kappa shape index (κ3) is 5.15. The van der Waals surface area contributed by atoms with Crippen LogP contribution in [0.3, 0.4) is 0 Å². The van der Waals surface area contributed by atoms with Gasteiger partial charge in [0.1, 0.15) is 5.50 Å². The molecule has 160 valence electrons. The summed E-state index contributed by atoms with van der Waals surface area (Å²) in [6, 6.07) is 11.6. The van der Waals surface area contributed by atoms with Crippen molar-refractivity contribution >= 4 is 50.7 Å². The number of thioether (sulfide) groups is 1.